The van der Waals surface area contributed by atoms with E-state index in [-0.39, 0.29) is 11.3 Å². The van der Waals surface area contributed by atoms with Gasteiger partial charge in [-0.3, -0.25) is 9.48 Å². The van der Waals surface area contributed by atoms with E-state index in [4.69, 9.17) is 9.47 Å². The van der Waals surface area contributed by atoms with Gasteiger partial charge in [-0.1, -0.05) is 6.92 Å². The molecular formula is C15H17FN2O3. The third-order valence-electron chi connectivity index (χ3n) is 3.10. The number of methoxy groups -OCH3 is 2. The molecule has 0 unspecified atom stereocenters. The summed E-state index contributed by atoms with van der Waals surface area (Å²) in [7, 11) is 2.89. The highest BCUT2D eigenvalue weighted by atomic mass is 19.1. The van der Waals surface area contributed by atoms with Crippen LogP contribution in [0.2, 0.25) is 0 Å². The van der Waals surface area contributed by atoms with E-state index < -0.39 is 11.6 Å². The maximum Gasteiger partial charge on any atom is 0.217 e. The summed E-state index contributed by atoms with van der Waals surface area (Å²) in [6.07, 6.45) is 2.26. The summed E-state index contributed by atoms with van der Waals surface area (Å²) in [5.41, 5.74) is 0.218. The first-order chi connectivity index (χ1) is 10.1. The van der Waals surface area contributed by atoms with Crippen LogP contribution in [0, 0.1) is 5.82 Å². The molecule has 2 rings (SSSR count). The molecule has 1 aromatic heterocycles. The number of ether oxygens (including phenoxy) is 2. The molecule has 0 N–H and O–H groups in total. The third-order valence-corrected chi connectivity index (χ3v) is 3.10. The molecule has 0 aliphatic heterocycles. The number of halogens is 1. The van der Waals surface area contributed by atoms with Crippen LogP contribution in [0.3, 0.4) is 0 Å². The van der Waals surface area contributed by atoms with Crippen molar-refractivity contribution >= 4 is 5.78 Å². The van der Waals surface area contributed by atoms with Gasteiger partial charge in [0.25, 0.3) is 0 Å². The topological polar surface area (TPSA) is 53.4 Å². The second kappa shape index (κ2) is 6.39. The van der Waals surface area contributed by atoms with E-state index in [0.717, 1.165) is 6.42 Å². The fourth-order valence-corrected chi connectivity index (χ4v) is 2.06. The van der Waals surface area contributed by atoms with Crippen LogP contribution < -0.4 is 9.47 Å². The van der Waals surface area contributed by atoms with Gasteiger partial charge in [-0.15, -0.1) is 0 Å². The maximum atomic E-state index is 14.1. The molecule has 0 saturated heterocycles. The first kappa shape index (κ1) is 15.0. The number of hydrogen-bond donors (Lipinski definition) is 0. The van der Waals surface area contributed by atoms with Gasteiger partial charge in [0.1, 0.15) is 11.6 Å². The van der Waals surface area contributed by atoms with Gasteiger partial charge in [0.2, 0.25) is 5.78 Å². The van der Waals surface area contributed by atoms with Crippen LogP contribution in [0.25, 0.3) is 0 Å². The number of carbonyl (C=O) groups is 1. The monoisotopic (exact) mass is 292 g/mol. The van der Waals surface area contributed by atoms with Crippen molar-refractivity contribution in [2.24, 2.45) is 0 Å². The molecule has 0 atom stereocenters. The lowest BCUT2D eigenvalue weighted by Crippen LogP contribution is -2.14. The fourth-order valence-electron chi connectivity index (χ4n) is 2.06. The number of hydrogen-bond acceptors (Lipinski definition) is 4. The molecular weight excluding hydrogens is 275 g/mol. The Labute approximate surface area is 122 Å². The molecule has 112 valence electrons. The van der Waals surface area contributed by atoms with Crippen LogP contribution >= 0.6 is 0 Å². The molecule has 0 amide bonds. The standard InChI is InChI=1S/C15H17FN2O3/c1-4-7-18-14(13(21-3)9-17-18)15(19)11-6-5-10(20-2)8-12(11)16/h5-6,8-9H,4,7H2,1-3H3. The Kier molecular flexibility index (Phi) is 4.57. The summed E-state index contributed by atoms with van der Waals surface area (Å²) in [5, 5.41) is 4.11. The average molecular weight is 292 g/mol. The van der Waals surface area contributed by atoms with Crippen molar-refractivity contribution in [1.82, 2.24) is 9.78 Å². The Hall–Kier alpha value is -2.37. The maximum absolute atomic E-state index is 14.1. The highest BCUT2D eigenvalue weighted by molar-refractivity contribution is 6.09. The summed E-state index contributed by atoms with van der Waals surface area (Å²) < 4.78 is 25.7. The number of aromatic nitrogens is 2. The van der Waals surface area contributed by atoms with E-state index in [2.05, 4.69) is 5.10 Å². The van der Waals surface area contributed by atoms with E-state index in [1.165, 1.54) is 37.2 Å². The van der Waals surface area contributed by atoms with Crippen LogP contribution in [-0.4, -0.2) is 29.8 Å². The average Bonchev–Trinajstić information content (AvgIpc) is 2.89. The SMILES string of the molecule is CCCn1ncc(OC)c1C(=O)c1ccc(OC)cc1F. The molecule has 6 heteroatoms. The predicted octanol–water partition coefficient (Wildman–Crippen LogP) is 2.68. The highest BCUT2D eigenvalue weighted by Gasteiger charge is 2.23. The molecule has 0 aliphatic rings. The zero-order chi connectivity index (χ0) is 15.4. The van der Waals surface area contributed by atoms with Gasteiger partial charge in [0.05, 0.1) is 26.0 Å². The van der Waals surface area contributed by atoms with Crippen molar-refractivity contribution in [1.29, 1.82) is 0 Å². The van der Waals surface area contributed by atoms with Crippen LogP contribution in [0.5, 0.6) is 11.5 Å². The summed E-state index contributed by atoms with van der Waals surface area (Å²) in [6, 6.07) is 4.13. The summed E-state index contributed by atoms with van der Waals surface area (Å²) in [4.78, 5) is 12.6. The van der Waals surface area contributed by atoms with Crippen LogP contribution in [0.15, 0.2) is 24.4 Å². The number of benzene rings is 1. The Morgan fingerprint density at radius 1 is 1.33 bits per heavy atom. The number of nitrogens with zero attached hydrogens (tertiary/aromatic N) is 2. The van der Waals surface area contributed by atoms with Crippen molar-refractivity contribution in [3.05, 3.63) is 41.5 Å². The minimum Gasteiger partial charge on any atom is -0.497 e. The molecule has 0 radical (unpaired) electrons. The Bertz CT molecular complexity index is 652. The molecule has 5 nitrogen and oxygen atoms in total. The lowest BCUT2D eigenvalue weighted by atomic mass is 10.1. The minimum absolute atomic E-state index is 0.0352. The number of rotatable bonds is 6. The molecule has 1 heterocycles. The lowest BCUT2D eigenvalue weighted by molar-refractivity contribution is 0.102. The Morgan fingerprint density at radius 3 is 2.67 bits per heavy atom. The third kappa shape index (κ3) is 2.89. The van der Waals surface area contributed by atoms with E-state index in [9.17, 15) is 9.18 Å². The van der Waals surface area contributed by atoms with E-state index >= 15 is 0 Å². The molecule has 0 aliphatic carbocycles. The van der Waals surface area contributed by atoms with E-state index in [1.54, 1.807) is 6.07 Å². The van der Waals surface area contributed by atoms with Crippen molar-refractivity contribution in [2.45, 2.75) is 19.9 Å². The summed E-state index contributed by atoms with van der Waals surface area (Å²) in [5.74, 6) is -0.398. The highest BCUT2D eigenvalue weighted by Crippen LogP contribution is 2.24. The quantitative estimate of drug-likeness (QED) is 0.768. The van der Waals surface area contributed by atoms with Gasteiger partial charge in [-0.25, -0.2) is 4.39 Å². The number of ketones is 1. The summed E-state index contributed by atoms with van der Waals surface area (Å²) in [6.45, 7) is 2.53. The van der Waals surface area contributed by atoms with Gasteiger partial charge in [-0.05, 0) is 18.6 Å². The minimum atomic E-state index is -0.634. The number of aryl methyl sites for hydroxylation is 1. The molecule has 1 aromatic carbocycles. The molecule has 21 heavy (non-hydrogen) atoms. The fraction of sp³-hybridized carbons (Fsp3) is 0.333. The van der Waals surface area contributed by atoms with Crippen LogP contribution in [0.1, 0.15) is 29.4 Å². The molecule has 0 fully saturated rings. The van der Waals surface area contributed by atoms with Crippen LogP contribution in [0.4, 0.5) is 4.39 Å². The largest absolute Gasteiger partial charge is 0.497 e. The van der Waals surface area contributed by atoms with Crippen molar-refractivity contribution < 1.29 is 18.7 Å². The van der Waals surface area contributed by atoms with E-state index in [0.29, 0.717) is 18.0 Å². The number of carbonyl (C=O) groups excluding carboxylic acids is 1. The second-order valence-corrected chi connectivity index (χ2v) is 4.46. The predicted molar refractivity (Wildman–Crippen MR) is 75.5 cm³/mol. The first-order valence-electron chi connectivity index (χ1n) is 6.60. The second-order valence-electron chi connectivity index (χ2n) is 4.46. The molecule has 2 aromatic rings. The smallest absolute Gasteiger partial charge is 0.217 e. The van der Waals surface area contributed by atoms with Crippen molar-refractivity contribution in [3.63, 3.8) is 0 Å². The summed E-state index contributed by atoms with van der Waals surface area (Å²) >= 11 is 0. The Morgan fingerprint density at radius 2 is 2.10 bits per heavy atom. The van der Waals surface area contributed by atoms with Crippen molar-refractivity contribution in [3.8, 4) is 11.5 Å². The van der Waals surface area contributed by atoms with Gasteiger partial charge in [-0.2, -0.15) is 5.10 Å². The Balaban J connectivity index is 2.46. The normalized spacial score (nSPS) is 10.5. The van der Waals surface area contributed by atoms with Gasteiger partial charge >= 0.3 is 0 Å². The van der Waals surface area contributed by atoms with Crippen molar-refractivity contribution in [2.75, 3.05) is 14.2 Å². The molecule has 0 bridgehead atoms. The molecule has 0 spiro atoms. The van der Waals surface area contributed by atoms with Crippen LogP contribution in [-0.2, 0) is 6.54 Å². The van der Waals surface area contributed by atoms with Gasteiger partial charge < -0.3 is 9.47 Å². The van der Waals surface area contributed by atoms with Gasteiger partial charge in [0, 0.05) is 12.6 Å². The van der Waals surface area contributed by atoms with Gasteiger partial charge in [0.15, 0.2) is 11.4 Å². The lowest BCUT2D eigenvalue weighted by Gasteiger charge is -2.09. The zero-order valence-corrected chi connectivity index (χ0v) is 12.2. The molecule has 0 saturated carbocycles. The first-order valence-corrected chi connectivity index (χ1v) is 6.60. The van der Waals surface area contributed by atoms with E-state index in [1.807, 2.05) is 6.92 Å². The zero-order valence-electron chi connectivity index (χ0n) is 12.2.